The smallest absolute Gasteiger partial charge is 0.234 e. The summed E-state index contributed by atoms with van der Waals surface area (Å²) in [5, 5.41) is 14.5. The van der Waals surface area contributed by atoms with Crippen LogP contribution in [0.2, 0.25) is 0 Å². The van der Waals surface area contributed by atoms with Crippen LogP contribution in [0.3, 0.4) is 0 Å². The maximum absolute atomic E-state index is 12.6. The Morgan fingerprint density at radius 3 is 2.69 bits per heavy atom. The number of benzene rings is 2. The lowest BCUT2D eigenvalue weighted by Gasteiger charge is -2.07. The molecule has 0 saturated heterocycles. The molecule has 0 spiro atoms. The van der Waals surface area contributed by atoms with Crippen LogP contribution < -0.4 is 5.32 Å². The zero-order chi connectivity index (χ0) is 22.1. The van der Waals surface area contributed by atoms with Crippen molar-refractivity contribution in [1.29, 1.82) is 0 Å². The van der Waals surface area contributed by atoms with Gasteiger partial charge in [0.1, 0.15) is 0 Å². The summed E-state index contributed by atoms with van der Waals surface area (Å²) >= 11 is 1.36. The predicted octanol–water partition coefficient (Wildman–Crippen LogP) is 4.74. The van der Waals surface area contributed by atoms with Gasteiger partial charge in [-0.25, -0.2) is 0 Å². The van der Waals surface area contributed by atoms with Crippen molar-refractivity contribution in [3.63, 3.8) is 0 Å². The standard InChI is InChI=1S/C24H22N6OS/c1-3-30-20-9-5-4-8-18(20)19-13-17(10-11-21(19)30)26-22(31)15-32-24-28-27-23(29(24)2)16-7-6-12-25-14-16/h4-14H,3,15H2,1-2H3,(H,26,31). The summed E-state index contributed by atoms with van der Waals surface area (Å²) in [6.45, 7) is 3.04. The van der Waals surface area contributed by atoms with E-state index in [9.17, 15) is 4.79 Å². The number of nitrogens with one attached hydrogen (secondary N) is 1. The highest BCUT2D eigenvalue weighted by molar-refractivity contribution is 7.99. The van der Waals surface area contributed by atoms with E-state index in [0.29, 0.717) is 5.16 Å². The van der Waals surface area contributed by atoms with Gasteiger partial charge in [0, 0.05) is 59.0 Å². The Morgan fingerprint density at radius 1 is 1.03 bits per heavy atom. The monoisotopic (exact) mass is 442 g/mol. The van der Waals surface area contributed by atoms with E-state index >= 15 is 0 Å². The normalized spacial score (nSPS) is 11.3. The Hall–Kier alpha value is -3.65. The van der Waals surface area contributed by atoms with Gasteiger partial charge in [0.05, 0.1) is 5.75 Å². The lowest BCUT2D eigenvalue weighted by molar-refractivity contribution is -0.113. The average molecular weight is 443 g/mol. The number of para-hydroxylation sites is 1. The molecular formula is C24H22N6OS. The van der Waals surface area contributed by atoms with Gasteiger partial charge in [-0.1, -0.05) is 30.0 Å². The number of nitrogens with zero attached hydrogens (tertiary/aromatic N) is 5. The van der Waals surface area contributed by atoms with Crippen molar-refractivity contribution < 1.29 is 4.79 Å². The number of amides is 1. The van der Waals surface area contributed by atoms with Gasteiger partial charge in [0.25, 0.3) is 0 Å². The molecule has 0 aliphatic carbocycles. The first kappa shape index (κ1) is 20.3. The third-order valence-corrected chi connectivity index (χ3v) is 6.48. The number of thioether (sulfide) groups is 1. The van der Waals surface area contributed by atoms with Crippen molar-refractivity contribution in [2.75, 3.05) is 11.1 Å². The molecule has 5 rings (SSSR count). The van der Waals surface area contributed by atoms with Gasteiger partial charge in [0.2, 0.25) is 5.91 Å². The summed E-state index contributed by atoms with van der Waals surface area (Å²) in [5.74, 6) is 0.881. The van der Waals surface area contributed by atoms with Gasteiger partial charge >= 0.3 is 0 Å². The highest BCUT2D eigenvalue weighted by atomic mass is 32.2. The van der Waals surface area contributed by atoms with Crippen LogP contribution in [0.1, 0.15) is 6.92 Å². The van der Waals surface area contributed by atoms with E-state index in [1.165, 1.54) is 28.2 Å². The van der Waals surface area contributed by atoms with Crippen LogP contribution in [0, 0.1) is 0 Å². The third-order valence-electron chi connectivity index (χ3n) is 5.46. The van der Waals surface area contributed by atoms with Crippen molar-refractivity contribution >= 4 is 45.2 Å². The maximum atomic E-state index is 12.6. The fourth-order valence-electron chi connectivity index (χ4n) is 3.99. The molecule has 8 heteroatoms. The van der Waals surface area contributed by atoms with E-state index in [2.05, 4.69) is 62.3 Å². The zero-order valence-corrected chi connectivity index (χ0v) is 18.6. The minimum atomic E-state index is -0.0838. The molecule has 3 aromatic heterocycles. The topological polar surface area (TPSA) is 77.6 Å². The van der Waals surface area contributed by atoms with E-state index in [1.807, 2.05) is 35.9 Å². The fourth-order valence-corrected chi connectivity index (χ4v) is 4.70. The van der Waals surface area contributed by atoms with Crippen LogP contribution in [0.25, 0.3) is 33.2 Å². The van der Waals surface area contributed by atoms with Crippen LogP contribution in [-0.4, -0.2) is 36.0 Å². The number of rotatable bonds is 6. The first-order valence-corrected chi connectivity index (χ1v) is 11.4. The highest BCUT2D eigenvalue weighted by Gasteiger charge is 2.14. The first-order valence-electron chi connectivity index (χ1n) is 10.4. The second kappa shape index (κ2) is 8.47. The van der Waals surface area contributed by atoms with Crippen molar-refractivity contribution in [2.45, 2.75) is 18.6 Å². The van der Waals surface area contributed by atoms with E-state index in [4.69, 9.17) is 0 Å². The number of fused-ring (bicyclic) bond motifs is 3. The second-order valence-corrected chi connectivity index (χ2v) is 8.38. The molecule has 0 unspecified atom stereocenters. The number of aromatic nitrogens is 5. The maximum Gasteiger partial charge on any atom is 0.234 e. The molecule has 0 aliphatic rings. The molecule has 160 valence electrons. The van der Waals surface area contributed by atoms with Crippen LogP contribution in [0.5, 0.6) is 0 Å². The molecule has 0 radical (unpaired) electrons. The number of carbonyl (C=O) groups excluding carboxylic acids is 1. The summed E-state index contributed by atoms with van der Waals surface area (Å²) in [4.78, 5) is 16.8. The Morgan fingerprint density at radius 2 is 1.88 bits per heavy atom. The van der Waals surface area contributed by atoms with Crippen LogP contribution in [-0.2, 0) is 18.4 Å². The molecule has 0 aliphatic heterocycles. The van der Waals surface area contributed by atoms with Crippen LogP contribution in [0.15, 0.2) is 72.1 Å². The number of carbonyl (C=O) groups is 1. The average Bonchev–Trinajstić information content (AvgIpc) is 3.35. The van der Waals surface area contributed by atoms with E-state index in [-0.39, 0.29) is 11.7 Å². The molecule has 1 amide bonds. The van der Waals surface area contributed by atoms with Crippen molar-refractivity contribution in [3.8, 4) is 11.4 Å². The van der Waals surface area contributed by atoms with Crippen molar-refractivity contribution in [2.24, 2.45) is 7.05 Å². The van der Waals surface area contributed by atoms with Gasteiger partial charge in [0.15, 0.2) is 11.0 Å². The summed E-state index contributed by atoms with van der Waals surface area (Å²) in [6, 6.07) is 18.2. The van der Waals surface area contributed by atoms with Gasteiger partial charge in [-0.15, -0.1) is 10.2 Å². The fraction of sp³-hybridized carbons (Fsp3) is 0.167. The Balaban J connectivity index is 1.32. The van der Waals surface area contributed by atoms with Crippen molar-refractivity contribution in [1.82, 2.24) is 24.3 Å². The molecule has 32 heavy (non-hydrogen) atoms. The number of aryl methyl sites for hydroxylation is 1. The Labute approximate surface area is 189 Å². The Kier molecular flexibility index (Phi) is 5.36. The van der Waals surface area contributed by atoms with E-state index in [0.717, 1.165) is 29.0 Å². The van der Waals surface area contributed by atoms with E-state index < -0.39 is 0 Å². The van der Waals surface area contributed by atoms with Gasteiger partial charge in [-0.05, 0) is 43.3 Å². The molecule has 0 saturated carbocycles. The summed E-state index contributed by atoms with van der Waals surface area (Å²) in [5.41, 5.74) is 4.05. The summed E-state index contributed by atoms with van der Waals surface area (Å²) in [6.07, 6.45) is 3.47. The molecule has 7 nitrogen and oxygen atoms in total. The summed E-state index contributed by atoms with van der Waals surface area (Å²) < 4.78 is 4.17. The quantitative estimate of drug-likeness (QED) is 0.385. The van der Waals surface area contributed by atoms with Gasteiger partial charge in [-0.2, -0.15) is 0 Å². The number of hydrogen-bond donors (Lipinski definition) is 1. The molecule has 0 fully saturated rings. The zero-order valence-electron chi connectivity index (χ0n) is 17.8. The lowest BCUT2D eigenvalue weighted by Crippen LogP contribution is -2.14. The van der Waals surface area contributed by atoms with Crippen LogP contribution >= 0.6 is 11.8 Å². The van der Waals surface area contributed by atoms with E-state index in [1.54, 1.807) is 12.4 Å². The molecule has 5 aromatic rings. The van der Waals surface area contributed by atoms with Crippen molar-refractivity contribution in [3.05, 3.63) is 67.0 Å². The molecule has 3 heterocycles. The SMILES string of the molecule is CCn1c2ccccc2c2cc(NC(=O)CSc3nnc(-c4cccnc4)n3C)ccc21. The van der Waals surface area contributed by atoms with Crippen LogP contribution in [0.4, 0.5) is 5.69 Å². The predicted molar refractivity (Wildman–Crippen MR) is 129 cm³/mol. The largest absolute Gasteiger partial charge is 0.341 e. The number of hydrogen-bond acceptors (Lipinski definition) is 5. The number of anilines is 1. The lowest BCUT2D eigenvalue weighted by atomic mass is 10.1. The highest BCUT2D eigenvalue weighted by Crippen LogP contribution is 2.31. The molecule has 0 atom stereocenters. The second-order valence-electron chi connectivity index (χ2n) is 7.44. The molecule has 0 bridgehead atoms. The van der Waals surface area contributed by atoms with Gasteiger partial charge in [-0.3, -0.25) is 9.78 Å². The third kappa shape index (κ3) is 3.62. The first-order chi connectivity index (χ1) is 15.7. The Bertz CT molecular complexity index is 1420. The van der Waals surface area contributed by atoms with Gasteiger partial charge < -0.3 is 14.5 Å². The number of pyridine rings is 1. The molecule has 2 aromatic carbocycles. The molecular weight excluding hydrogens is 420 g/mol. The minimum absolute atomic E-state index is 0.0838. The molecule has 1 N–H and O–H groups in total. The summed E-state index contributed by atoms with van der Waals surface area (Å²) in [7, 11) is 1.89. The minimum Gasteiger partial charge on any atom is -0.341 e.